The van der Waals surface area contributed by atoms with Crippen molar-refractivity contribution in [1.82, 2.24) is 14.9 Å². The van der Waals surface area contributed by atoms with Gasteiger partial charge in [0.2, 0.25) is 0 Å². The van der Waals surface area contributed by atoms with Crippen LogP contribution in [0.5, 0.6) is 11.5 Å². The summed E-state index contributed by atoms with van der Waals surface area (Å²) in [5.74, 6) is 2.29. The Balaban J connectivity index is 1.69. The lowest BCUT2D eigenvalue weighted by Crippen LogP contribution is -2.35. The van der Waals surface area contributed by atoms with Crippen molar-refractivity contribution in [3.63, 3.8) is 0 Å². The molecule has 6 nitrogen and oxygen atoms in total. The number of benzene rings is 2. The molecule has 0 unspecified atom stereocenters. The molecule has 152 valence electrons. The minimum absolute atomic E-state index is 0.104. The molecule has 2 heterocycles. The summed E-state index contributed by atoms with van der Waals surface area (Å²) in [5, 5.41) is 4.44. The first-order chi connectivity index (χ1) is 14.1. The normalized spacial score (nSPS) is 16.5. The topological polar surface area (TPSA) is 59.5 Å². The van der Waals surface area contributed by atoms with Crippen molar-refractivity contribution < 1.29 is 9.47 Å². The highest BCUT2D eigenvalue weighted by molar-refractivity contribution is 5.95. The lowest BCUT2D eigenvalue weighted by atomic mass is 10.1. The number of likely N-dealkylation sites (tertiary alicyclic amines) is 1. The summed E-state index contributed by atoms with van der Waals surface area (Å²) in [6.45, 7) is 4.21. The number of nitrogens with zero attached hydrogens (tertiary/aromatic N) is 3. The number of anilines is 1. The molecule has 0 aliphatic carbocycles. The van der Waals surface area contributed by atoms with Crippen molar-refractivity contribution in [3.05, 3.63) is 54.4 Å². The van der Waals surface area contributed by atoms with Crippen molar-refractivity contribution in [3.8, 4) is 11.5 Å². The molecule has 1 aliphatic rings. The Morgan fingerprint density at radius 1 is 1.10 bits per heavy atom. The molecular weight excluding hydrogens is 364 g/mol. The van der Waals surface area contributed by atoms with Crippen molar-refractivity contribution in [2.75, 3.05) is 32.6 Å². The van der Waals surface area contributed by atoms with Gasteiger partial charge in [0.25, 0.3) is 0 Å². The fourth-order valence-corrected chi connectivity index (χ4v) is 3.76. The van der Waals surface area contributed by atoms with Gasteiger partial charge in [-0.1, -0.05) is 30.3 Å². The van der Waals surface area contributed by atoms with Gasteiger partial charge in [-0.15, -0.1) is 0 Å². The highest BCUT2D eigenvalue weighted by Gasteiger charge is 2.21. The van der Waals surface area contributed by atoms with Gasteiger partial charge in [-0.05, 0) is 32.4 Å². The molecule has 1 atom stereocenters. The number of hydrogen-bond donors (Lipinski definition) is 1. The van der Waals surface area contributed by atoms with E-state index in [1.54, 1.807) is 13.4 Å². The lowest BCUT2D eigenvalue weighted by molar-refractivity contribution is 0.115. The monoisotopic (exact) mass is 392 g/mol. The molecule has 4 rings (SSSR count). The summed E-state index contributed by atoms with van der Waals surface area (Å²) >= 11 is 0. The van der Waals surface area contributed by atoms with E-state index in [9.17, 15) is 0 Å². The van der Waals surface area contributed by atoms with Crippen LogP contribution in [0.4, 0.5) is 5.82 Å². The first-order valence-corrected chi connectivity index (χ1v) is 10.1. The van der Waals surface area contributed by atoms with Gasteiger partial charge in [-0.2, -0.15) is 0 Å². The first kappa shape index (κ1) is 19.5. The molecule has 1 fully saturated rings. The van der Waals surface area contributed by atoms with E-state index in [-0.39, 0.29) is 12.1 Å². The maximum absolute atomic E-state index is 6.46. The van der Waals surface area contributed by atoms with Crippen LogP contribution in [0.2, 0.25) is 0 Å². The number of nitrogens with one attached hydrogen (secondary N) is 1. The van der Waals surface area contributed by atoms with Gasteiger partial charge in [-0.3, -0.25) is 0 Å². The minimum atomic E-state index is 0.104. The number of hydrogen-bond acceptors (Lipinski definition) is 6. The molecule has 2 aromatic carbocycles. The summed E-state index contributed by atoms with van der Waals surface area (Å²) in [4.78, 5) is 11.4. The number of aromatic nitrogens is 2. The van der Waals surface area contributed by atoms with E-state index in [2.05, 4.69) is 46.3 Å². The highest BCUT2D eigenvalue weighted by atomic mass is 16.5. The molecular formula is C23H28N4O2. The second kappa shape index (κ2) is 8.66. The highest BCUT2D eigenvalue weighted by Crippen LogP contribution is 2.36. The zero-order valence-electron chi connectivity index (χ0n) is 17.3. The molecule has 0 amide bonds. The Labute approximate surface area is 171 Å². The molecule has 29 heavy (non-hydrogen) atoms. The largest absolute Gasteiger partial charge is 0.497 e. The molecule has 0 spiro atoms. The molecule has 0 radical (unpaired) electrons. The van der Waals surface area contributed by atoms with E-state index in [1.807, 2.05) is 30.3 Å². The Kier molecular flexibility index (Phi) is 5.81. The maximum atomic E-state index is 6.46. The Bertz CT molecular complexity index is 956. The summed E-state index contributed by atoms with van der Waals surface area (Å²) < 4.78 is 12.0. The predicted octanol–water partition coefficient (Wildman–Crippen LogP) is 4.28. The number of ether oxygens (including phenoxy) is 2. The van der Waals surface area contributed by atoms with E-state index >= 15 is 0 Å². The Morgan fingerprint density at radius 3 is 2.59 bits per heavy atom. The van der Waals surface area contributed by atoms with Crippen molar-refractivity contribution >= 4 is 16.7 Å². The third-order valence-electron chi connectivity index (χ3n) is 5.52. The predicted molar refractivity (Wildman–Crippen MR) is 116 cm³/mol. The van der Waals surface area contributed by atoms with Crippen molar-refractivity contribution in [2.45, 2.75) is 31.9 Å². The van der Waals surface area contributed by atoms with E-state index < -0.39 is 0 Å². The SMILES string of the molecule is COc1cc(OC2CCN(C)CC2)c2c(N[C@H](C)c3ccccc3)ncnc2c1. The molecule has 1 aliphatic heterocycles. The van der Waals surface area contributed by atoms with Crippen LogP contribution in [0, 0.1) is 0 Å². The van der Waals surface area contributed by atoms with Gasteiger partial charge in [0, 0.05) is 31.3 Å². The minimum Gasteiger partial charge on any atom is -0.497 e. The van der Waals surface area contributed by atoms with Crippen LogP contribution in [-0.2, 0) is 0 Å². The van der Waals surface area contributed by atoms with Crippen LogP contribution in [0.1, 0.15) is 31.4 Å². The number of rotatable bonds is 6. The third-order valence-corrected chi connectivity index (χ3v) is 5.52. The summed E-state index contributed by atoms with van der Waals surface area (Å²) in [7, 11) is 3.82. The average molecular weight is 393 g/mol. The zero-order valence-corrected chi connectivity index (χ0v) is 17.3. The summed E-state index contributed by atoms with van der Waals surface area (Å²) in [5.41, 5.74) is 2.01. The Hall–Kier alpha value is -2.86. The standard InChI is InChI=1S/C23H28N4O2/c1-16(17-7-5-4-6-8-17)26-23-22-20(24-15-25-23)13-19(28-3)14-21(22)29-18-9-11-27(2)12-10-18/h4-8,13-16,18H,9-12H2,1-3H3,(H,24,25,26)/t16-/m1/s1. The Morgan fingerprint density at radius 2 is 1.86 bits per heavy atom. The van der Waals surface area contributed by atoms with Gasteiger partial charge in [0.05, 0.1) is 18.0 Å². The molecule has 6 heteroatoms. The second-order valence-corrected chi connectivity index (χ2v) is 7.64. The van der Waals surface area contributed by atoms with Crippen molar-refractivity contribution in [2.24, 2.45) is 0 Å². The van der Waals surface area contributed by atoms with Crippen LogP contribution < -0.4 is 14.8 Å². The molecule has 1 aromatic heterocycles. The molecule has 1 saturated heterocycles. The van der Waals surface area contributed by atoms with E-state index in [4.69, 9.17) is 9.47 Å². The average Bonchev–Trinajstić information content (AvgIpc) is 2.75. The quantitative estimate of drug-likeness (QED) is 0.675. The smallest absolute Gasteiger partial charge is 0.141 e. The van der Waals surface area contributed by atoms with Crippen LogP contribution >= 0.6 is 0 Å². The molecule has 1 N–H and O–H groups in total. The number of piperidine rings is 1. The van der Waals surface area contributed by atoms with Gasteiger partial charge >= 0.3 is 0 Å². The molecule has 0 bridgehead atoms. The first-order valence-electron chi connectivity index (χ1n) is 10.1. The van der Waals surface area contributed by atoms with Gasteiger partial charge in [0.15, 0.2) is 0 Å². The fourth-order valence-electron chi connectivity index (χ4n) is 3.76. The van der Waals surface area contributed by atoms with Crippen LogP contribution in [0.15, 0.2) is 48.8 Å². The summed E-state index contributed by atoms with van der Waals surface area (Å²) in [6, 6.07) is 14.3. The fraction of sp³-hybridized carbons (Fsp3) is 0.391. The van der Waals surface area contributed by atoms with Gasteiger partial charge in [0.1, 0.15) is 29.7 Å². The van der Waals surface area contributed by atoms with Crippen LogP contribution in [0.3, 0.4) is 0 Å². The van der Waals surface area contributed by atoms with Gasteiger partial charge < -0.3 is 19.7 Å². The van der Waals surface area contributed by atoms with Crippen LogP contribution in [-0.4, -0.2) is 48.2 Å². The van der Waals surface area contributed by atoms with E-state index in [0.717, 1.165) is 54.2 Å². The maximum Gasteiger partial charge on any atom is 0.141 e. The van der Waals surface area contributed by atoms with Crippen molar-refractivity contribution in [1.29, 1.82) is 0 Å². The second-order valence-electron chi connectivity index (χ2n) is 7.64. The van der Waals surface area contributed by atoms with E-state index in [0.29, 0.717) is 0 Å². The number of fused-ring (bicyclic) bond motifs is 1. The molecule has 0 saturated carbocycles. The molecule has 3 aromatic rings. The number of methoxy groups -OCH3 is 1. The summed E-state index contributed by atoms with van der Waals surface area (Å²) in [6.07, 6.45) is 3.78. The lowest BCUT2D eigenvalue weighted by Gasteiger charge is -2.30. The third kappa shape index (κ3) is 4.43. The van der Waals surface area contributed by atoms with Crippen LogP contribution in [0.25, 0.3) is 10.9 Å². The van der Waals surface area contributed by atoms with E-state index in [1.165, 1.54) is 5.56 Å². The van der Waals surface area contributed by atoms with Gasteiger partial charge in [-0.25, -0.2) is 9.97 Å². The zero-order chi connectivity index (χ0) is 20.2.